The van der Waals surface area contributed by atoms with E-state index in [1.165, 1.54) is 23.1 Å². The van der Waals surface area contributed by atoms with E-state index in [1.807, 2.05) is 0 Å². The number of benzene rings is 1. The number of amides is 1. The molecule has 0 radical (unpaired) electrons. The molecule has 0 N–H and O–H groups in total. The quantitative estimate of drug-likeness (QED) is 0.692. The van der Waals surface area contributed by atoms with Crippen molar-refractivity contribution >= 4 is 37.8 Å². The van der Waals surface area contributed by atoms with Gasteiger partial charge in [-0.3, -0.25) is 9.48 Å². The summed E-state index contributed by atoms with van der Waals surface area (Å²) in [5.41, 5.74) is 0.840. The molecule has 1 heterocycles. The topological polar surface area (TPSA) is 47.4 Å². The summed E-state index contributed by atoms with van der Waals surface area (Å²) in [4.78, 5) is 14.0. The van der Waals surface area contributed by atoms with Crippen LogP contribution in [0.15, 0.2) is 33.3 Å². The summed E-state index contributed by atoms with van der Waals surface area (Å²) >= 11 is 6.59. The smallest absolute Gasteiger partial charge is 0.387 e. The van der Waals surface area contributed by atoms with E-state index in [1.54, 1.807) is 25.0 Å². The molecule has 2 rings (SSSR count). The van der Waals surface area contributed by atoms with Crippen molar-refractivity contribution in [3.8, 4) is 5.75 Å². The highest BCUT2D eigenvalue weighted by atomic mass is 79.9. The maximum absolute atomic E-state index is 12.6. The van der Waals surface area contributed by atoms with Gasteiger partial charge in [-0.25, -0.2) is 0 Å². The first-order valence-corrected chi connectivity index (χ1v) is 8.04. The lowest BCUT2D eigenvalue weighted by molar-refractivity contribution is -0.0502. The largest absolute Gasteiger partial charge is 0.434 e. The van der Waals surface area contributed by atoms with Crippen molar-refractivity contribution in [3.63, 3.8) is 0 Å². The van der Waals surface area contributed by atoms with Crippen molar-refractivity contribution in [2.45, 2.75) is 13.2 Å². The SMILES string of the molecule is CN(Cc1c(Br)cnn1C)C(=O)c1cc(Br)ccc1OC(F)F. The molecule has 0 aliphatic carbocycles. The zero-order valence-corrected chi connectivity index (χ0v) is 15.4. The number of hydrogen-bond acceptors (Lipinski definition) is 3. The highest BCUT2D eigenvalue weighted by Crippen LogP contribution is 2.27. The third kappa shape index (κ3) is 4.29. The highest BCUT2D eigenvalue weighted by molar-refractivity contribution is 9.10. The molecule has 0 atom stereocenters. The van der Waals surface area contributed by atoms with Crippen LogP contribution in [0.4, 0.5) is 8.78 Å². The summed E-state index contributed by atoms with van der Waals surface area (Å²) in [6.45, 7) is -2.74. The first-order chi connectivity index (χ1) is 10.8. The van der Waals surface area contributed by atoms with Crippen LogP contribution in [0.3, 0.4) is 0 Å². The number of carbonyl (C=O) groups excluding carboxylic acids is 1. The maximum atomic E-state index is 12.6. The minimum Gasteiger partial charge on any atom is -0.434 e. The predicted molar refractivity (Wildman–Crippen MR) is 87.5 cm³/mol. The van der Waals surface area contributed by atoms with Crippen LogP contribution in [-0.4, -0.2) is 34.2 Å². The Morgan fingerprint density at radius 3 is 2.70 bits per heavy atom. The molecule has 5 nitrogen and oxygen atoms in total. The lowest BCUT2D eigenvalue weighted by Gasteiger charge is -2.19. The van der Waals surface area contributed by atoms with Gasteiger partial charge < -0.3 is 9.64 Å². The van der Waals surface area contributed by atoms with Gasteiger partial charge in [-0.15, -0.1) is 0 Å². The van der Waals surface area contributed by atoms with E-state index >= 15 is 0 Å². The van der Waals surface area contributed by atoms with Crippen molar-refractivity contribution in [1.82, 2.24) is 14.7 Å². The Morgan fingerprint density at radius 1 is 1.43 bits per heavy atom. The molecule has 1 amide bonds. The highest BCUT2D eigenvalue weighted by Gasteiger charge is 2.21. The standard InChI is InChI=1S/C14H13Br2F2N3O2/c1-20(7-11-10(16)6-19-21(11)2)13(22)9-5-8(15)3-4-12(9)23-14(17)18/h3-6,14H,7H2,1-2H3. The van der Waals surface area contributed by atoms with Crippen molar-refractivity contribution in [2.75, 3.05) is 7.05 Å². The fourth-order valence-electron chi connectivity index (χ4n) is 1.98. The Hall–Kier alpha value is -1.48. The monoisotopic (exact) mass is 451 g/mol. The second kappa shape index (κ2) is 7.39. The van der Waals surface area contributed by atoms with Crippen LogP contribution in [0.5, 0.6) is 5.75 Å². The lowest BCUT2D eigenvalue weighted by Crippen LogP contribution is -2.28. The number of halogens is 4. The third-order valence-corrected chi connectivity index (χ3v) is 4.29. The second-order valence-corrected chi connectivity index (χ2v) is 6.51. The van der Waals surface area contributed by atoms with Crippen molar-refractivity contribution in [3.05, 3.63) is 44.6 Å². The number of hydrogen-bond donors (Lipinski definition) is 0. The minimum atomic E-state index is -3.00. The molecule has 9 heteroatoms. The molecule has 0 bridgehead atoms. The molecule has 1 aromatic carbocycles. The number of aryl methyl sites for hydroxylation is 1. The van der Waals surface area contributed by atoms with Crippen LogP contribution in [0.1, 0.15) is 16.1 Å². The van der Waals surface area contributed by atoms with Crippen LogP contribution in [0.25, 0.3) is 0 Å². The van der Waals surface area contributed by atoms with Gasteiger partial charge in [-0.05, 0) is 34.1 Å². The van der Waals surface area contributed by atoms with Gasteiger partial charge in [-0.2, -0.15) is 13.9 Å². The number of aromatic nitrogens is 2. The Bertz CT molecular complexity index is 703. The van der Waals surface area contributed by atoms with Gasteiger partial charge in [0, 0.05) is 18.6 Å². The summed E-state index contributed by atoms with van der Waals surface area (Å²) < 4.78 is 32.4. The van der Waals surface area contributed by atoms with Gasteiger partial charge in [0.25, 0.3) is 5.91 Å². The van der Waals surface area contributed by atoms with Crippen LogP contribution in [0.2, 0.25) is 0 Å². The fourth-order valence-corrected chi connectivity index (χ4v) is 2.82. The fraction of sp³-hybridized carbons (Fsp3) is 0.286. The Kier molecular flexibility index (Phi) is 5.74. The summed E-state index contributed by atoms with van der Waals surface area (Å²) in [6, 6.07) is 4.32. The van der Waals surface area contributed by atoms with Gasteiger partial charge in [-0.1, -0.05) is 15.9 Å². The number of ether oxygens (including phenoxy) is 1. The van der Waals surface area contributed by atoms with Crippen LogP contribution >= 0.6 is 31.9 Å². The molecule has 0 fully saturated rings. The molecular weight excluding hydrogens is 440 g/mol. The summed E-state index contributed by atoms with van der Waals surface area (Å²) in [5.74, 6) is -0.598. The van der Waals surface area contributed by atoms with Gasteiger partial charge in [0.2, 0.25) is 0 Å². The number of nitrogens with zero attached hydrogens (tertiary/aromatic N) is 3. The minimum absolute atomic E-state index is 0.0560. The van der Waals surface area contributed by atoms with E-state index in [9.17, 15) is 13.6 Å². The summed E-state index contributed by atoms with van der Waals surface area (Å²) in [6.07, 6.45) is 1.62. The van der Waals surface area contributed by atoms with E-state index in [0.717, 1.165) is 10.2 Å². The molecule has 0 unspecified atom stereocenters. The van der Waals surface area contributed by atoms with Crippen LogP contribution in [-0.2, 0) is 13.6 Å². The number of carbonyl (C=O) groups is 1. The van der Waals surface area contributed by atoms with Gasteiger partial charge in [0.05, 0.1) is 28.5 Å². The average molecular weight is 453 g/mol. The first kappa shape index (κ1) is 17.9. The van der Waals surface area contributed by atoms with Crippen molar-refractivity contribution < 1.29 is 18.3 Å². The summed E-state index contributed by atoms with van der Waals surface area (Å²) in [7, 11) is 3.33. The summed E-state index contributed by atoms with van der Waals surface area (Å²) in [5, 5.41) is 4.07. The van der Waals surface area contributed by atoms with Crippen LogP contribution in [0, 0.1) is 0 Å². The predicted octanol–water partition coefficient (Wildman–Crippen LogP) is 3.82. The molecular formula is C14H13Br2F2N3O2. The van der Waals surface area contributed by atoms with E-state index in [-0.39, 0.29) is 17.9 Å². The van der Waals surface area contributed by atoms with Gasteiger partial charge >= 0.3 is 6.61 Å². The Labute approximate surface area is 148 Å². The molecule has 1 aromatic heterocycles. The number of rotatable bonds is 5. The Balaban J connectivity index is 2.27. The molecule has 124 valence electrons. The second-order valence-electron chi connectivity index (χ2n) is 4.74. The molecule has 0 saturated carbocycles. The molecule has 0 aliphatic rings. The van der Waals surface area contributed by atoms with E-state index in [4.69, 9.17) is 0 Å². The Morgan fingerprint density at radius 2 is 2.13 bits per heavy atom. The van der Waals surface area contributed by atoms with Gasteiger partial charge in [0.1, 0.15) is 5.75 Å². The molecule has 2 aromatic rings. The molecule has 0 spiro atoms. The molecule has 23 heavy (non-hydrogen) atoms. The number of alkyl halides is 2. The third-order valence-electron chi connectivity index (χ3n) is 3.13. The first-order valence-electron chi connectivity index (χ1n) is 6.45. The maximum Gasteiger partial charge on any atom is 0.387 e. The van der Waals surface area contributed by atoms with Crippen molar-refractivity contribution in [1.29, 1.82) is 0 Å². The van der Waals surface area contributed by atoms with E-state index in [0.29, 0.717) is 4.47 Å². The van der Waals surface area contributed by atoms with E-state index in [2.05, 4.69) is 41.7 Å². The zero-order chi connectivity index (χ0) is 17.1. The van der Waals surface area contributed by atoms with Crippen molar-refractivity contribution in [2.24, 2.45) is 7.05 Å². The normalized spacial score (nSPS) is 10.9. The molecule has 0 saturated heterocycles. The zero-order valence-electron chi connectivity index (χ0n) is 12.3. The average Bonchev–Trinajstić information content (AvgIpc) is 2.79. The lowest BCUT2D eigenvalue weighted by atomic mass is 10.1. The van der Waals surface area contributed by atoms with E-state index < -0.39 is 12.5 Å². The van der Waals surface area contributed by atoms with Crippen LogP contribution < -0.4 is 4.74 Å². The molecule has 0 aliphatic heterocycles. The van der Waals surface area contributed by atoms with Gasteiger partial charge in [0.15, 0.2) is 0 Å².